The summed E-state index contributed by atoms with van der Waals surface area (Å²) in [4.78, 5) is 14.0. The molecule has 4 aromatic rings. The van der Waals surface area contributed by atoms with Gasteiger partial charge in [-0.2, -0.15) is 0 Å². The number of imidazole rings is 1. The van der Waals surface area contributed by atoms with Crippen molar-refractivity contribution in [3.8, 4) is 28.3 Å². The summed E-state index contributed by atoms with van der Waals surface area (Å²) in [7, 11) is 4.03. The number of hydrogen-bond donors (Lipinski definition) is 2. The van der Waals surface area contributed by atoms with Crippen molar-refractivity contribution >= 4 is 16.9 Å². The summed E-state index contributed by atoms with van der Waals surface area (Å²) in [6.07, 6.45) is 1.70. The van der Waals surface area contributed by atoms with E-state index in [1.165, 1.54) is 0 Å². The van der Waals surface area contributed by atoms with Crippen LogP contribution in [-0.2, 0) is 0 Å². The Morgan fingerprint density at radius 1 is 0.960 bits per heavy atom. The van der Waals surface area contributed by atoms with Gasteiger partial charge in [0.1, 0.15) is 11.6 Å². The van der Waals surface area contributed by atoms with Gasteiger partial charge in [-0.15, -0.1) is 0 Å². The molecule has 5 heteroatoms. The van der Waals surface area contributed by atoms with Crippen LogP contribution >= 0.6 is 0 Å². The molecule has 25 heavy (non-hydrogen) atoms. The smallest absolute Gasteiger partial charge is 0.178 e. The summed E-state index contributed by atoms with van der Waals surface area (Å²) in [6, 6.07) is 17.6. The van der Waals surface area contributed by atoms with Crippen molar-refractivity contribution in [1.82, 2.24) is 15.0 Å². The largest absolute Gasteiger partial charge is 0.507 e. The summed E-state index contributed by atoms with van der Waals surface area (Å²) >= 11 is 0. The van der Waals surface area contributed by atoms with Crippen molar-refractivity contribution in [3.63, 3.8) is 0 Å². The van der Waals surface area contributed by atoms with Crippen LogP contribution in [0.1, 0.15) is 0 Å². The second-order valence-electron chi connectivity index (χ2n) is 6.13. The number of aromatic hydroxyl groups is 1. The van der Waals surface area contributed by atoms with Crippen molar-refractivity contribution in [2.45, 2.75) is 0 Å². The second-order valence-corrected chi connectivity index (χ2v) is 6.13. The van der Waals surface area contributed by atoms with Gasteiger partial charge >= 0.3 is 0 Å². The Hall–Kier alpha value is -3.34. The highest BCUT2D eigenvalue weighted by Crippen LogP contribution is 2.33. The number of benzene rings is 2. The standard InChI is InChI=1S/C20H18N4O/c1-24(2)15-8-5-13(6-9-15)14-7-10-18(25)16(12-14)19-22-17-4-3-11-21-20(17)23-19/h3-12,25H,1-2H3,(H,21,22,23). The number of phenolic OH excluding ortho intramolecular Hbond substituents is 1. The average molecular weight is 330 g/mol. The molecule has 0 unspecified atom stereocenters. The Morgan fingerprint density at radius 3 is 2.44 bits per heavy atom. The summed E-state index contributed by atoms with van der Waals surface area (Å²) in [6.45, 7) is 0. The lowest BCUT2D eigenvalue weighted by molar-refractivity contribution is 0.477. The number of pyridine rings is 1. The van der Waals surface area contributed by atoms with Crippen molar-refractivity contribution in [1.29, 1.82) is 0 Å². The molecule has 2 N–H and O–H groups in total. The molecule has 124 valence electrons. The number of anilines is 1. The summed E-state index contributed by atoms with van der Waals surface area (Å²) < 4.78 is 0. The molecule has 0 radical (unpaired) electrons. The van der Waals surface area contributed by atoms with Crippen LogP contribution in [-0.4, -0.2) is 34.2 Å². The zero-order chi connectivity index (χ0) is 17.4. The molecule has 0 aliphatic rings. The van der Waals surface area contributed by atoms with Gasteiger partial charge in [0.2, 0.25) is 0 Å². The zero-order valence-corrected chi connectivity index (χ0v) is 14.1. The van der Waals surface area contributed by atoms with Gasteiger partial charge in [0, 0.05) is 26.0 Å². The molecule has 4 rings (SSSR count). The predicted octanol–water partition coefficient (Wildman–Crippen LogP) is 4.06. The first-order chi connectivity index (χ1) is 12.1. The molecule has 2 heterocycles. The molecular formula is C20H18N4O. The molecule has 0 spiro atoms. The first kappa shape index (κ1) is 15.2. The molecule has 0 saturated heterocycles. The Kier molecular flexibility index (Phi) is 3.61. The summed E-state index contributed by atoms with van der Waals surface area (Å²) in [5, 5.41) is 10.3. The minimum absolute atomic E-state index is 0.188. The lowest BCUT2D eigenvalue weighted by Gasteiger charge is -2.13. The molecule has 0 fully saturated rings. The van der Waals surface area contributed by atoms with Crippen molar-refractivity contribution in [2.24, 2.45) is 0 Å². The minimum Gasteiger partial charge on any atom is -0.507 e. The minimum atomic E-state index is 0.188. The lowest BCUT2D eigenvalue weighted by Crippen LogP contribution is -2.07. The molecule has 0 aliphatic heterocycles. The monoisotopic (exact) mass is 330 g/mol. The maximum Gasteiger partial charge on any atom is 0.178 e. The van der Waals surface area contributed by atoms with E-state index in [-0.39, 0.29) is 5.75 Å². The van der Waals surface area contributed by atoms with Crippen molar-refractivity contribution < 1.29 is 5.11 Å². The van der Waals surface area contributed by atoms with Gasteiger partial charge in [-0.05, 0) is 47.5 Å². The number of fused-ring (bicyclic) bond motifs is 1. The third kappa shape index (κ3) is 2.80. The molecule has 0 atom stereocenters. The van der Waals surface area contributed by atoms with Crippen LogP contribution in [0.25, 0.3) is 33.7 Å². The quantitative estimate of drug-likeness (QED) is 0.594. The van der Waals surface area contributed by atoms with Crippen molar-refractivity contribution in [2.75, 3.05) is 19.0 Å². The molecule has 2 aromatic carbocycles. The van der Waals surface area contributed by atoms with Crippen molar-refractivity contribution in [3.05, 3.63) is 60.8 Å². The van der Waals surface area contributed by atoms with Crippen LogP contribution in [0.4, 0.5) is 5.69 Å². The van der Waals surface area contributed by atoms with Gasteiger partial charge in [0.05, 0.1) is 11.1 Å². The van der Waals surface area contributed by atoms with E-state index in [1.807, 2.05) is 38.4 Å². The molecule has 0 aliphatic carbocycles. The van der Waals surface area contributed by atoms with Gasteiger partial charge in [-0.25, -0.2) is 9.97 Å². The van der Waals surface area contributed by atoms with E-state index in [4.69, 9.17) is 0 Å². The first-order valence-electron chi connectivity index (χ1n) is 8.04. The number of aromatic nitrogens is 3. The maximum atomic E-state index is 10.3. The molecule has 0 bridgehead atoms. The highest BCUT2D eigenvalue weighted by Gasteiger charge is 2.12. The summed E-state index contributed by atoms with van der Waals surface area (Å²) in [5.74, 6) is 0.797. The third-order valence-corrected chi connectivity index (χ3v) is 4.23. The third-order valence-electron chi connectivity index (χ3n) is 4.23. The van der Waals surface area contributed by atoms with Crippen LogP contribution < -0.4 is 4.90 Å². The van der Waals surface area contributed by atoms with Gasteiger partial charge in [-0.3, -0.25) is 0 Å². The Labute approximate surface area is 145 Å². The number of rotatable bonds is 3. The Morgan fingerprint density at radius 2 is 1.72 bits per heavy atom. The van der Waals surface area contributed by atoms with Gasteiger partial charge < -0.3 is 15.0 Å². The molecule has 2 aromatic heterocycles. The zero-order valence-electron chi connectivity index (χ0n) is 14.1. The van der Waals surface area contributed by atoms with Gasteiger partial charge in [0.15, 0.2) is 5.65 Å². The number of nitrogens with one attached hydrogen (secondary N) is 1. The van der Waals surface area contributed by atoms with E-state index in [2.05, 4.69) is 44.1 Å². The predicted molar refractivity (Wildman–Crippen MR) is 101 cm³/mol. The first-order valence-corrected chi connectivity index (χ1v) is 8.04. The van der Waals surface area contributed by atoms with Crippen LogP contribution in [0.5, 0.6) is 5.75 Å². The molecule has 5 nitrogen and oxygen atoms in total. The number of aromatic amines is 1. The highest BCUT2D eigenvalue weighted by molar-refractivity contribution is 5.80. The number of phenols is 1. The van der Waals surface area contributed by atoms with E-state index >= 15 is 0 Å². The normalized spacial score (nSPS) is 11.0. The van der Waals surface area contributed by atoms with E-state index in [0.717, 1.165) is 22.3 Å². The van der Waals surface area contributed by atoms with E-state index < -0.39 is 0 Å². The second kappa shape index (κ2) is 5.94. The summed E-state index contributed by atoms with van der Waals surface area (Å²) in [5.41, 5.74) is 5.39. The van der Waals surface area contributed by atoms with Crippen LogP contribution in [0.2, 0.25) is 0 Å². The number of H-pyrrole nitrogens is 1. The Balaban J connectivity index is 1.78. The van der Waals surface area contributed by atoms with Crippen LogP contribution in [0.15, 0.2) is 60.8 Å². The van der Waals surface area contributed by atoms with Gasteiger partial charge in [-0.1, -0.05) is 18.2 Å². The van der Waals surface area contributed by atoms with E-state index in [1.54, 1.807) is 12.3 Å². The topological polar surface area (TPSA) is 65.0 Å². The maximum absolute atomic E-state index is 10.3. The number of nitrogens with zero attached hydrogens (tertiary/aromatic N) is 3. The highest BCUT2D eigenvalue weighted by atomic mass is 16.3. The van der Waals surface area contributed by atoms with Crippen LogP contribution in [0, 0.1) is 0 Å². The fourth-order valence-corrected chi connectivity index (χ4v) is 2.83. The molecule has 0 saturated carbocycles. The number of hydrogen-bond acceptors (Lipinski definition) is 4. The average Bonchev–Trinajstić information content (AvgIpc) is 3.06. The van der Waals surface area contributed by atoms with Gasteiger partial charge in [0.25, 0.3) is 0 Å². The molecular weight excluding hydrogens is 312 g/mol. The Bertz CT molecular complexity index is 1000. The fourth-order valence-electron chi connectivity index (χ4n) is 2.83. The molecule has 0 amide bonds. The SMILES string of the molecule is CN(C)c1ccc(-c2ccc(O)c(-c3nc4ncccc4[nH]3)c2)cc1. The van der Waals surface area contributed by atoms with Crippen LogP contribution in [0.3, 0.4) is 0 Å². The lowest BCUT2D eigenvalue weighted by atomic mass is 10.0. The van der Waals surface area contributed by atoms with E-state index in [9.17, 15) is 5.11 Å². The van der Waals surface area contributed by atoms with E-state index in [0.29, 0.717) is 17.0 Å². The fraction of sp³-hybridized carbons (Fsp3) is 0.100.